The molecule has 3 aromatic rings. The highest BCUT2D eigenvalue weighted by molar-refractivity contribution is 7.10. The average Bonchev–Trinajstić information content (AvgIpc) is 3.19. The minimum absolute atomic E-state index is 0.225. The van der Waals surface area contributed by atoms with Crippen LogP contribution in [0.25, 0.3) is 10.4 Å². The van der Waals surface area contributed by atoms with Gasteiger partial charge in [-0.15, -0.1) is 0 Å². The molecule has 0 aliphatic carbocycles. The lowest BCUT2D eigenvalue weighted by atomic mass is 9.90. The maximum Gasteiger partial charge on any atom is 0.412 e. The smallest absolute Gasteiger partial charge is 0.412 e. The fraction of sp³-hybridized carbons (Fsp3) is 0.370. The van der Waals surface area contributed by atoms with Crippen molar-refractivity contribution in [3.05, 3.63) is 71.4 Å². The number of anilines is 1. The van der Waals surface area contributed by atoms with Gasteiger partial charge in [0.25, 0.3) is 0 Å². The molecule has 2 N–H and O–H groups in total. The molecule has 3 rings (SSSR count). The number of nitrogens with zero attached hydrogens (tertiary/aromatic N) is 1. The molecular formula is C27H32N2O4S. The van der Waals surface area contributed by atoms with Gasteiger partial charge in [-0.25, -0.2) is 4.79 Å². The molecule has 2 aromatic carbocycles. The van der Waals surface area contributed by atoms with Gasteiger partial charge in [0.2, 0.25) is 0 Å². The fourth-order valence-corrected chi connectivity index (χ4v) is 4.83. The van der Waals surface area contributed by atoms with Crippen LogP contribution in [0, 0.1) is 6.92 Å². The Hall–Kier alpha value is -3.19. The summed E-state index contributed by atoms with van der Waals surface area (Å²) in [4.78, 5) is 24.2. The Kier molecular flexibility index (Phi) is 9.22. The molecule has 0 aliphatic rings. The molecule has 0 saturated heterocycles. The van der Waals surface area contributed by atoms with Gasteiger partial charge in [-0.3, -0.25) is 10.1 Å². The summed E-state index contributed by atoms with van der Waals surface area (Å²) < 4.78 is 10.0. The zero-order valence-corrected chi connectivity index (χ0v) is 20.7. The number of carboxylic acids is 1. The average molecular weight is 481 g/mol. The Labute approximate surface area is 205 Å². The number of aryl methyl sites for hydroxylation is 1. The number of aliphatic carboxylic acids is 1. The molecule has 34 heavy (non-hydrogen) atoms. The maximum atomic E-state index is 12.6. The third-order valence-electron chi connectivity index (χ3n) is 5.97. The van der Waals surface area contributed by atoms with Crippen molar-refractivity contribution in [3.63, 3.8) is 0 Å². The van der Waals surface area contributed by atoms with Crippen molar-refractivity contribution >= 4 is 29.3 Å². The zero-order chi connectivity index (χ0) is 24.5. The summed E-state index contributed by atoms with van der Waals surface area (Å²) in [6.07, 6.45) is 2.94. The summed E-state index contributed by atoms with van der Waals surface area (Å²) in [5, 5.41) is 11.7. The number of hydrogen-bond acceptors (Lipinski definition) is 5. The third kappa shape index (κ3) is 6.90. The lowest BCUT2D eigenvalue weighted by molar-refractivity contribution is -0.137. The van der Waals surface area contributed by atoms with E-state index in [0.29, 0.717) is 18.0 Å². The lowest BCUT2D eigenvalue weighted by Gasteiger charge is -2.16. The molecule has 1 aromatic heterocycles. The van der Waals surface area contributed by atoms with Crippen molar-refractivity contribution in [2.45, 2.75) is 64.9 Å². The second-order valence-corrected chi connectivity index (χ2v) is 9.20. The monoisotopic (exact) mass is 480 g/mol. The molecule has 180 valence electrons. The summed E-state index contributed by atoms with van der Waals surface area (Å²) in [7, 11) is 0. The van der Waals surface area contributed by atoms with Crippen LogP contribution < -0.4 is 5.32 Å². The minimum atomic E-state index is -0.736. The number of benzene rings is 2. The molecular weight excluding hydrogens is 448 g/mol. The van der Waals surface area contributed by atoms with Crippen molar-refractivity contribution in [2.24, 2.45) is 0 Å². The number of ether oxygens (including phenoxy) is 1. The number of hydrogen-bond donors (Lipinski definition) is 2. The van der Waals surface area contributed by atoms with Gasteiger partial charge in [0.15, 0.2) is 0 Å². The molecule has 0 aliphatic heterocycles. The lowest BCUT2D eigenvalue weighted by Crippen LogP contribution is -2.16. The topological polar surface area (TPSA) is 88.5 Å². The van der Waals surface area contributed by atoms with Gasteiger partial charge in [0.05, 0.1) is 16.3 Å². The molecule has 0 radical (unpaired) electrons. The van der Waals surface area contributed by atoms with Crippen molar-refractivity contribution in [3.8, 4) is 10.4 Å². The van der Waals surface area contributed by atoms with Crippen molar-refractivity contribution in [2.75, 3.05) is 5.32 Å². The van der Waals surface area contributed by atoms with E-state index in [2.05, 4.69) is 40.9 Å². The molecule has 0 fully saturated rings. The first-order valence-electron chi connectivity index (χ1n) is 11.7. The van der Waals surface area contributed by atoms with E-state index in [9.17, 15) is 9.59 Å². The number of carbonyl (C=O) groups is 2. The first-order chi connectivity index (χ1) is 16.4. The van der Waals surface area contributed by atoms with E-state index >= 15 is 0 Å². The van der Waals surface area contributed by atoms with Gasteiger partial charge in [-0.2, -0.15) is 4.37 Å². The third-order valence-corrected chi connectivity index (χ3v) is 6.96. The Balaban J connectivity index is 1.66. The van der Waals surface area contributed by atoms with Gasteiger partial charge in [0.1, 0.15) is 6.10 Å². The number of nitrogens with one attached hydrogen (secondary N) is 1. The largest absolute Gasteiger partial charge is 0.481 e. The van der Waals surface area contributed by atoms with Crippen molar-refractivity contribution in [1.82, 2.24) is 4.37 Å². The summed E-state index contributed by atoms with van der Waals surface area (Å²) in [5.41, 5.74) is 4.58. The molecule has 0 saturated carbocycles. The summed E-state index contributed by atoms with van der Waals surface area (Å²) in [6, 6.07) is 18.0. The van der Waals surface area contributed by atoms with Crippen molar-refractivity contribution in [1.29, 1.82) is 0 Å². The van der Waals surface area contributed by atoms with E-state index < -0.39 is 12.1 Å². The van der Waals surface area contributed by atoms with E-state index in [4.69, 9.17) is 9.84 Å². The number of carboxylic acid groups (broad SMARTS) is 1. The number of unbranched alkanes of at least 4 members (excludes halogenated alkanes) is 1. The Morgan fingerprint density at radius 1 is 1.06 bits per heavy atom. The predicted octanol–water partition coefficient (Wildman–Crippen LogP) is 7.57. The highest BCUT2D eigenvalue weighted by atomic mass is 32.1. The number of amides is 1. The van der Waals surface area contributed by atoms with E-state index in [0.717, 1.165) is 41.0 Å². The fourth-order valence-electron chi connectivity index (χ4n) is 3.98. The Morgan fingerprint density at radius 2 is 1.76 bits per heavy atom. The molecule has 1 amide bonds. The quantitative estimate of drug-likeness (QED) is 0.276. The van der Waals surface area contributed by atoms with E-state index in [1.165, 1.54) is 17.1 Å². The molecule has 2 unspecified atom stereocenters. The normalized spacial score (nSPS) is 12.7. The van der Waals surface area contributed by atoms with E-state index in [1.54, 1.807) is 0 Å². The molecule has 6 nitrogen and oxygen atoms in total. The minimum Gasteiger partial charge on any atom is -0.481 e. The molecule has 0 spiro atoms. The SMILES string of the molecule is CCC(CCCCC(=O)O)c1ccc(-c2snc(C)c2NC(=O)OC(C)c2ccccc2)cc1. The van der Waals surface area contributed by atoms with Crippen LogP contribution in [-0.2, 0) is 9.53 Å². The number of aromatic nitrogens is 1. The maximum absolute atomic E-state index is 12.6. The van der Waals surface area contributed by atoms with Crippen LogP contribution >= 0.6 is 11.5 Å². The van der Waals surface area contributed by atoms with Gasteiger partial charge in [0, 0.05) is 6.42 Å². The predicted molar refractivity (Wildman–Crippen MR) is 136 cm³/mol. The van der Waals surface area contributed by atoms with Crippen LogP contribution in [0.3, 0.4) is 0 Å². The second kappa shape index (κ2) is 12.3. The molecule has 0 bridgehead atoms. The van der Waals surface area contributed by atoms with E-state index in [-0.39, 0.29) is 12.5 Å². The summed E-state index contributed by atoms with van der Waals surface area (Å²) in [6.45, 7) is 5.88. The summed E-state index contributed by atoms with van der Waals surface area (Å²) >= 11 is 1.35. The standard InChI is InChI=1S/C27H32N2O4S/c1-4-20(10-8-9-13-24(30)31)22-14-16-23(17-15-22)26-25(18(2)29-34-26)28-27(32)33-19(3)21-11-6-5-7-12-21/h5-7,11-12,14-17,19-20H,4,8-10,13H2,1-3H3,(H,28,32)(H,30,31). The highest BCUT2D eigenvalue weighted by Crippen LogP contribution is 2.36. The number of carbonyl (C=O) groups excluding carboxylic acids is 1. The van der Waals surface area contributed by atoms with E-state index in [1.807, 2.05) is 44.2 Å². The first kappa shape index (κ1) is 25.4. The first-order valence-corrected chi connectivity index (χ1v) is 12.5. The Morgan fingerprint density at radius 3 is 2.41 bits per heavy atom. The zero-order valence-electron chi connectivity index (χ0n) is 19.9. The van der Waals surface area contributed by atoms with Gasteiger partial charge in [-0.05, 0) is 67.3 Å². The van der Waals surface area contributed by atoms with Crippen LogP contribution in [-0.4, -0.2) is 21.5 Å². The van der Waals surface area contributed by atoms with Crippen LogP contribution in [0.2, 0.25) is 0 Å². The van der Waals surface area contributed by atoms with Crippen molar-refractivity contribution < 1.29 is 19.4 Å². The molecule has 7 heteroatoms. The van der Waals surface area contributed by atoms with Crippen LogP contribution in [0.15, 0.2) is 54.6 Å². The second-order valence-electron chi connectivity index (χ2n) is 8.42. The van der Waals surface area contributed by atoms with Crippen LogP contribution in [0.4, 0.5) is 10.5 Å². The Bertz CT molecular complexity index is 1080. The van der Waals surface area contributed by atoms with Crippen LogP contribution in [0.5, 0.6) is 0 Å². The highest BCUT2D eigenvalue weighted by Gasteiger charge is 2.19. The van der Waals surface area contributed by atoms with Gasteiger partial charge in [-0.1, -0.05) is 67.9 Å². The molecule has 1 heterocycles. The molecule has 2 atom stereocenters. The van der Waals surface area contributed by atoms with Gasteiger partial charge >= 0.3 is 12.1 Å². The van der Waals surface area contributed by atoms with Gasteiger partial charge < -0.3 is 9.84 Å². The van der Waals surface area contributed by atoms with Crippen LogP contribution in [0.1, 0.15) is 74.8 Å². The number of rotatable bonds is 11. The summed E-state index contributed by atoms with van der Waals surface area (Å²) in [5.74, 6) is -0.335.